The number of likely N-dealkylation sites (tertiary alicyclic amines) is 2. The number of nitrogens with zero attached hydrogens (tertiary/aromatic N) is 5. The number of nitrogens with two attached hydrogens (primary N) is 1. The van der Waals surface area contributed by atoms with Crippen LogP contribution in [0.5, 0.6) is 0 Å². The molecule has 3 aliphatic heterocycles. The Bertz CT molecular complexity index is 1620. The van der Waals surface area contributed by atoms with Gasteiger partial charge < -0.3 is 20.4 Å². The number of hydrogen-bond donors (Lipinski definition) is 1. The second kappa shape index (κ2) is 12.1. The lowest BCUT2D eigenvalue weighted by atomic mass is 10.0. The van der Waals surface area contributed by atoms with Crippen LogP contribution in [0.15, 0.2) is 46.7 Å². The number of piperidine rings is 1. The fraction of sp³-hybridized carbons (Fsp3) is 0.467. The van der Waals surface area contributed by atoms with Gasteiger partial charge in [0.15, 0.2) is 0 Å². The highest BCUT2D eigenvalue weighted by Gasteiger charge is 2.40. The van der Waals surface area contributed by atoms with E-state index in [0.29, 0.717) is 35.4 Å². The smallest absolute Gasteiger partial charge is 0.253 e. The second-order valence-corrected chi connectivity index (χ2v) is 15.2. The van der Waals surface area contributed by atoms with Crippen LogP contribution in [0.4, 0.5) is 5.69 Å². The number of nitriles is 1. The molecule has 42 heavy (non-hydrogen) atoms. The van der Waals surface area contributed by atoms with E-state index >= 15 is 0 Å². The van der Waals surface area contributed by atoms with Gasteiger partial charge >= 0.3 is 0 Å². The van der Waals surface area contributed by atoms with Crippen LogP contribution in [0.25, 0.3) is 10.1 Å². The summed E-state index contributed by atoms with van der Waals surface area (Å²) < 4.78 is 30.1. The van der Waals surface area contributed by atoms with E-state index in [0.717, 1.165) is 41.6 Å². The maximum Gasteiger partial charge on any atom is 0.253 e. The van der Waals surface area contributed by atoms with Gasteiger partial charge in [0.05, 0.1) is 18.2 Å². The molecule has 3 aromatic rings. The van der Waals surface area contributed by atoms with Gasteiger partial charge in [-0.05, 0) is 93.1 Å². The molecule has 6 rings (SSSR count). The van der Waals surface area contributed by atoms with E-state index in [1.54, 1.807) is 35.2 Å². The van der Waals surface area contributed by atoms with Crippen LogP contribution in [-0.2, 0) is 21.4 Å². The SMILES string of the molecule is N#Cc1ccc(CN2C(=O)CN(S(=O)(=O)c3cc4ccc(Cl)cc4s3)C[C@@H]2CN2CCC(N3CCCC3)CC2)cc1N. The van der Waals surface area contributed by atoms with Crippen LogP contribution in [-0.4, -0.2) is 91.2 Å². The van der Waals surface area contributed by atoms with E-state index in [-0.39, 0.29) is 29.2 Å². The number of sulfonamides is 1. The molecule has 3 saturated heterocycles. The van der Waals surface area contributed by atoms with Gasteiger partial charge in [0, 0.05) is 41.1 Å². The summed E-state index contributed by atoms with van der Waals surface area (Å²) in [5, 5.41) is 10.6. The van der Waals surface area contributed by atoms with Crippen molar-refractivity contribution in [1.29, 1.82) is 5.26 Å². The van der Waals surface area contributed by atoms with Crippen LogP contribution in [0.2, 0.25) is 5.02 Å². The van der Waals surface area contributed by atoms with Crippen molar-refractivity contribution >= 4 is 54.6 Å². The molecule has 0 spiro atoms. The van der Waals surface area contributed by atoms with E-state index in [4.69, 9.17) is 17.3 Å². The van der Waals surface area contributed by atoms with Crippen molar-refractivity contribution in [3.63, 3.8) is 0 Å². The summed E-state index contributed by atoms with van der Waals surface area (Å²) in [6.45, 7) is 5.09. The first-order valence-corrected chi connectivity index (χ1v) is 17.1. The largest absolute Gasteiger partial charge is 0.398 e. The molecule has 0 saturated carbocycles. The number of anilines is 1. The molecule has 1 atom stereocenters. The molecule has 0 aliphatic carbocycles. The Labute approximate surface area is 256 Å². The first kappa shape index (κ1) is 29.4. The third-order valence-corrected chi connectivity index (χ3v) is 12.4. The van der Waals surface area contributed by atoms with Gasteiger partial charge in [0.2, 0.25) is 5.91 Å². The predicted octanol–water partition coefficient (Wildman–Crippen LogP) is 3.97. The molecule has 0 unspecified atom stereocenters. The molecular formula is C30H35ClN6O3S2. The molecule has 222 valence electrons. The minimum atomic E-state index is -3.90. The monoisotopic (exact) mass is 626 g/mol. The maximum atomic E-state index is 13.9. The third-order valence-electron chi connectivity index (χ3n) is 8.81. The van der Waals surface area contributed by atoms with Crippen molar-refractivity contribution in [2.45, 2.75) is 48.5 Å². The average Bonchev–Trinajstić information content (AvgIpc) is 3.66. The Hall–Kier alpha value is -2.72. The van der Waals surface area contributed by atoms with Gasteiger partial charge in [-0.2, -0.15) is 9.57 Å². The number of halogens is 1. The molecule has 1 aromatic heterocycles. The number of hydrogen-bond acceptors (Lipinski definition) is 8. The molecule has 9 nitrogen and oxygen atoms in total. The Morgan fingerprint density at radius 1 is 1.05 bits per heavy atom. The number of nitrogen functional groups attached to an aromatic ring is 1. The van der Waals surface area contributed by atoms with E-state index in [2.05, 4.69) is 15.9 Å². The summed E-state index contributed by atoms with van der Waals surface area (Å²) in [4.78, 5) is 20.5. The highest BCUT2D eigenvalue weighted by Crippen LogP contribution is 2.34. The minimum Gasteiger partial charge on any atom is -0.398 e. The molecule has 4 heterocycles. The highest BCUT2D eigenvalue weighted by atomic mass is 35.5. The Morgan fingerprint density at radius 3 is 2.52 bits per heavy atom. The molecule has 1 amide bonds. The first-order chi connectivity index (χ1) is 20.2. The molecule has 0 radical (unpaired) electrons. The summed E-state index contributed by atoms with van der Waals surface area (Å²) in [7, 11) is -3.90. The summed E-state index contributed by atoms with van der Waals surface area (Å²) in [6, 6.07) is 14.6. The third kappa shape index (κ3) is 6.02. The van der Waals surface area contributed by atoms with E-state index in [1.807, 2.05) is 12.1 Å². The standard InChI is InChI=1S/C30H35ClN6O3S2/c31-24-6-5-22-14-30(41-28(22)15-24)42(39,40)36-19-26(18-34-11-7-25(8-12-34)35-9-1-2-10-35)37(29(38)20-36)17-21-3-4-23(16-32)27(33)13-21/h3-6,13-15,25-26H,1-2,7-12,17-20,33H2/t26-/m0/s1. The van der Waals surface area contributed by atoms with Gasteiger partial charge in [-0.25, -0.2) is 8.42 Å². The Kier molecular flexibility index (Phi) is 8.46. The normalized spacial score (nSPS) is 21.8. The zero-order valence-corrected chi connectivity index (χ0v) is 25.8. The van der Waals surface area contributed by atoms with Gasteiger partial charge in [0.25, 0.3) is 10.0 Å². The zero-order valence-electron chi connectivity index (χ0n) is 23.4. The second-order valence-electron chi connectivity index (χ2n) is 11.5. The van der Waals surface area contributed by atoms with Crippen molar-refractivity contribution in [2.75, 3.05) is 51.5 Å². The van der Waals surface area contributed by atoms with Crippen LogP contribution in [0, 0.1) is 11.3 Å². The Morgan fingerprint density at radius 2 is 1.81 bits per heavy atom. The van der Waals surface area contributed by atoms with Crippen molar-refractivity contribution < 1.29 is 13.2 Å². The fourth-order valence-electron chi connectivity index (χ4n) is 6.52. The fourth-order valence-corrected chi connectivity index (χ4v) is 9.77. The van der Waals surface area contributed by atoms with E-state index in [1.165, 1.54) is 41.6 Å². The quantitative estimate of drug-likeness (QED) is 0.395. The van der Waals surface area contributed by atoms with Crippen molar-refractivity contribution in [2.24, 2.45) is 0 Å². The minimum absolute atomic E-state index is 0.209. The predicted molar refractivity (Wildman–Crippen MR) is 166 cm³/mol. The van der Waals surface area contributed by atoms with Crippen LogP contribution >= 0.6 is 22.9 Å². The number of amides is 1. The van der Waals surface area contributed by atoms with Gasteiger partial charge in [0.1, 0.15) is 10.3 Å². The number of benzene rings is 2. The van der Waals surface area contributed by atoms with Gasteiger partial charge in [-0.3, -0.25) is 4.79 Å². The summed E-state index contributed by atoms with van der Waals surface area (Å²) in [5.41, 5.74) is 7.65. The van der Waals surface area contributed by atoms with Crippen LogP contribution in [0.3, 0.4) is 0 Å². The number of rotatable bonds is 7. The summed E-state index contributed by atoms with van der Waals surface area (Å²) in [5.74, 6) is -0.242. The number of fused-ring (bicyclic) bond motifs is 1. The van der Waals surface area contributed by atoms with Crippen LogP contribution in [0.1, 0.15) is 36.8 Å². The van der Waals surface area contributed by atoms with Gasteiger partial charge in [-0.15, -0.1) is 11.3 Å². The molecule has 3 fully saturated rings. The molecule has 2 N–H and O–H groups in total. The van der Waals surface area contributed by atoms with E-state index in [9.17, 15) is 18.5 Å². The van der Waals surface area contributed by atoms with Crippen LogP contribution < -0.4 is 5.73 Å². The molecule has 0 bridgehead atoms. The molecule has 2 aromatic carbocycles. The zero-order chi connectivity index (χ0) is 29.4. The lowest BCUT2D eigenvalue weighted by molar-refractivity contribution is -0.139. The number of carbonyl (C=O) groups is 1. The maximum absolute atomic E-state index is 13.9. The highest BCUT2D eigenvalue weighted by molar-refractivity contribution is 7.91. The Balaban J connectivity index is 1.23. The topological polar surface area (TPSA) is 114 Å². The summed E-state index contributed by atoms with van der Waals surface area (Å²) >= 11 is 7.32. The number of thiophene rings is 1. The summed E-state index contributed by atoms with van der Waals surface area (Å²) in [6.07, 6.45) is 4.71. The van der Waals surface area contributed by atoms with Gasteiger partial charge in [-0.1, -0.05) is 23.7 Å². The first-order valence-electron chi connectivity index (χ1n) is 14.4. The van der Waals surface area contributed by atoms with Crippen molar-refractivity contribution in [3.8, 4) is 6.07 Å². The number of piperazine rings is 1. The van der Waals surface area contributed by atoms with Crippen molar-refractivity contribution in [1.82, 2.24) is 19.0 Å². The van der Waals surface area contributed by atoms with Crippen molar-refractivity contribution in [3.05, 3.63) is 58.6 Å². The molecule has 3 aliphatic rings. The average molecular weight is 627 g/mol. The van der Waals surface area contributed by atoms with E-state index < -0.39 is 10.0 Å². The molecular weight excluding hydrogens is 592 g/mol. The lowest BCUT2D eigenvalue weighted by Gasteiger charge is -2.44. The molecule has 12 heteroatoms. The lowest BCUT2D eigenvalue weighted by Crippen LogP contribution is -2.61. The number of carbonyl (C=O) groups excluding carboxylic acids is 1.